The molecular weight excluding hydrogens is 178 g/mol. The second kappa shape index (κ2) is 6.60. The van der Waals surface area contributed by atoms with Gasteiger partial charge in [-0.05, 0) is 6.42 Å². The Morgan fingerprint density at radius 3 is 2.50 bits per heavy atom. The minimum Gasteiger partial charge on any atom is -0.457 e. The summed E-state index contributed by atoms with van der Waals surface area (Å²) in [7, 11) is 6.21. The Bertz CT molecular complexity index is 192. The molecule has 0 saturated heterocycles. The molecule has 0 aromatic heterocycles. The van der Waals surface area contributed by atoms with Crippen molar-refractivity contribution in [2.24, 2.45) is 0 Å². The number of esters is 1. The van der Waals surface area contributed by atoms with E-state index in [1.54, 1.807) is 0 Å². The van der Waals surface area contributed by atoms with Crippen LogP contribution in [0.15, 0.2) is 12.2 Å². The molecule has 82 valence electrons. The zero-order chi connectivity index (χ0) is 11.0. The number of carbonyl (C=O) groups excluding carboxylic acids is 1. The fourth-order valence-electron chi connectivity index (χ4n) is 0.814. The first-order valence-corrected chi connectivity index (χ1v) is 5.09. The Balaban J connectivity index is 3.55. The molecule has 14 heavy (non-hydrogen) atoms. The molecule has 0 spiro atoms. The number of hydrogen-bond acceptors (Lipinski definition) is 2. The summed E-state index contributed by atoms with van der Waals surface area (Å²) in [6, 6.07) is 0. The number of allylic oxidation sites excluding steroid dienone is 1. The third kappa shape index (κ3) is 9.26. The number of carbonyl (C=O) groups is 1. The van der Waals surface area contributed by atoms with E-state index in [1.807, 2.05) is 6.08 Å². The van der Waals surface area contributed by atoms with Crippen molar-refractivity contribution in [2.75, 3.05) is 34.3 Å². The van der Waals surface area contributed by atoms with Crippen molar-refractivity contribution in [3.05, 3.63) is 12.2 Å². The minimum atomic E-state index is -0.230. The molecule has 0 heterocycles. The molecule has 3 nitrogen and oxygen atoms in total. The van der Waals surface area contributed by atoms with E-state index in [2.05, 4.69) is 28.1 Å². The molecule has 0 radical (unpaired) electrons. The molecule has 0 fully saturated rings. The highest BCUT2D eigenvalue weighted by atomic mass is 16.5. The second-order valence-electron chi connectivity index (χ2n) is 4.37. The van der Waals surface area contributed by atoms with Gasteiger partial charge in [-0.15, -0.1) is 0 Å². The number of rotatable bonds is 6. The summed E-state index contributed by atoms with van der Waals surface area (Å²) in [5.41, 5.74) is 0. The normalized spacial score (nSPS) is 12.0. The molecule has 0 aromatic carbocycles. The van der Waals surface area contributed by atoms with Crippen LogP contribution in [-0.2, 0) is 9.53 Å². The molecule has 0 N–H and O–H groups in total. The summed E-state index contributed by atoms with van der Waals surface area (Å²) in [4.78, 5) is 11.1. The topological polar surface area (TPSA) is 26.3 Å². The lowest BCUT2D eigenvalue weighted by Gasteiger charge is -2.23. The van der Waals surface area contributed by atoms with E-state index >= 15 is 0 Å². The number of quaternary nitrogens is 1. The molecular formula is C11H22NO2+. The molecule has 0 unspecified atom stereocenters. The van der Waals surface area contributed by atoms with Crippen LogP contribution in [0.3, 0.4) is 0 Å². The lowest BCUT2D eigenvalue weighted by atomic mass is 10.3. The highest BCUT2D eigenvalue weighted by molar-refractivity contribution is 5.81. The van der Waals surface area contributed by atoms with Crippen LogP contribution in [0, 0.1) is 0 Å². The van der Waals surface area contributed by atoms with Gasteiger partial charge in [-0.25, -0.2) is 4.79 Å². The number of unbranched alkanes of at least 4 members (excludes halogenated alkanes) is 1. The van der Waals surface area contributed by atoms with Crippen LogP contribution >= 0.6 is 0 Å². The van der Waals surface area contributed by atoms with E-state index in [9.17, 15) is 4.79 Å². The van der Waals surface area contributed by atoms with Gasteiger partial charge in [0.2, 0.25) is 0 Å². The van der Waals surface area contributed by atoms with E-state index < -0.39 is 0 Å². The predicted molar refractivity (Wildman–Crippen MR) is 57.9 cm³/mol. The van der Waals surface area contributed by atoms with Crippen molar-refractivity contribution in [3.63, 3.8) is 0 Å². The lowest BCUT2D eigenvalue weighted by molar-refractivity contribution is -0.870. The smallest absolute Gasteiger partial charge is 0.330 e. The molecule has 0 atom stereocenters. The average Bonchev–Trinajstić information content (AvgIpc) is 2.02. The van der Waals surface area contributed by atoms with Crippen LogP contribution in [0.4, 0.5) is 0 Å². The molecule has 0 aliphatic heterocycles. The van der Waals surface area contributed by atoms with Crippen molar-refractivity contribution in [3.8, 4) is 0 Å². The Morgan fingerprint density at radius 1 is 1.36 bits per heavy atom. The number of hydrogen-bond donors (Lipinski definition) is 0. The van der Waals surface area contributed by atoms with E-state index in [-0.39, 0.29) is 5.97 Å². The number of likely N-dealkylation sites (N-methyl/N-ethyl adjacent to an activating group) is 1. The Morgan fingerprint density at radius 2 is 2.00 bits per heavy atom. The van der Waals surface area contributed by atoms with Crippen LogP contribution in [0.2, 0.25) is 0 Å². The van der Waals surface area contributed by atoms with E-state index in [4.69, 9.17) is 4.74 Å². The van der Waals surface area contributed by atoms with E-state index in [0.717, 1.165) is 23.9 Å². The fourth-order valence-corrected chi connectivity index (χ4v) is 0.814. The maximum Gasteiger partial charge on any atom is 0.330 e. The first kappa shape index (κ1) is 13.2. The number of nitrogens with zero attached hydrogens (tertiary/aromatic N) is 1. The standard InChI is InChI=1S/C11H22NO2/c1-5-6-7-8-11(13)14-10-9-12(2,3)4/h7-8H,5-6,9-10H2,1-4H3/q+1. The van der Waals surface area contributed by atoms with Crippen LogP contribution < -0.4 is 0 Å². The Kier molecular flexibility index (Phi) is 6.21. The lowest BCUT2D eigenvalue weighted by Crippen LogP contribution is -2.37. The summed E-state index contributed by atoms with van der Waals surface area (Å²) < 4.78 is 5.83. The third-order valence-corrected chi connectivity index (χ3v) is 1.72. The maximum absolute atomic E-state index is 11.1. The average molecular weight is 200 g/mol. The largest absolute Gasteiger partial charge is 0.457 e. The summed E-state index contributed by atoms with van der Waals surface area (Å²) in [6.07, 6.45) is 5.36. The quantitative estimate of drug-likeness (QED) is 0.370. The molecule has 0 aliphatic carbocycles. The van der Waals surface area contributed by atoms with E-state index in [1.165, 1.54) is 6.08 Å². The Hall–Kier alpha value is -0.830. The monoisotopic (exact) mass is 200 g/mol. The molecule has 0 rings (SSSR count). The molecule has 0 aromatic rings. The third-order valence-electron chi connectivity index (χ3n) is 1.72. The van der Waals surface area contributed by atoms with Crippen molar-refractivity contribution in [1.29, 1.82) is 0 Å². The molecule has 0 aliphatic rings. The summed E-state index contributed by atoms with van der Waals surface area (Å²) in [5, 5.41) is 0. The van der Waals surface area contributed by atoms with Crippen LogP contribution in [0.5, 0.6) is 0 Å². The van der Waals surface area contributed by atoms with Gasteiger partial charge < -0.3 is 9.22 Å². The zero-order valence-corrected chi connectivity index (χ0v) is 9.75. The van der Waals surface area contributed by atoms with Gasteiger partial charge in [0.05, 0.1) is 21.1 Å². The van der Waals surface area contributed by atoms with Crippen molar-refractivity contribution < 1.29 is 14.0 Å². The van der Waals surface area contributed by atoms with Gasteiger partial charge in [0, 0.05) is 6.08 Å². The van der Waals surface area contributed by atoms with Gasteiger partial charge in [0.15, 0.2) is 0 Å². The second-order valence-corrected chi connectivity index (χ2v) is 4.37. The SMILES string of the molecule is CCCC=CC(=O)OCC[N+](C)(C)C. The Labute approximate surface area is 86.9 Å². The first-order chi connectivity index (χ1) is 6.45. The summed E-state index contributed by atoms with van der Waals surface area (Å²) in [6.45, 7) is 3.40. The highest BCUT2D eigenvalue weighted by Crippen LogP contribution is 1.92. The highest BCUT2D eigenvalue weighted by Gasteiger charge is 2.07. The van der Waals surface area contributed by atoms with Gasteiger partial charge in [-0.3, -0.25) is 0 Å². The van der Waals surface area contributed by atoms with Crippen LogP contribution in [0.25, 0.3) is 0 Å². The summed E-state index contributed by atoms with van der Waals surface area (Å²) >= 11 is 0. The zero-order valence-electron chi connectivity index (χ0n) is 9.75. The molecule has 3 heteroatoms. The van der Waals surface area contributed by atoms with Gasteiger partial charge >= 0.3 is 5.97 Å². The van der Waals surface area contributed by atoms with Crippen molar-refractivity contribution >= 4 is 5.97 Å². The number of ether oxygens (including phenoxy) is 1. The summed E-state index contributed by atoms with van der Waals surface area (Å²) in [5.74, 6) is -0.230. The molecule has 0 bridgehead atoms. The van der Waals surface area contributed by atoms with Gasteiger partial charge in [0.1, 0.15) is 13.2 Å². The van der Waals surface area contributed by atoms with Crippen LogP contribution in [-0.4, -0.2) is 44.7 Å². The van der Waals surface area contributed by atoms with Crippen molar-refractivity contribution in [2.45, 2.75) is 19.8 Å². The van der Waals surface area contributed by atoms with E-state index in [0.29, 0.717) is 6.61 Å². The maximum atomic E-state index is 11.1. The minimum absolute atomic E-state index is 0.230. The van der Waals surface area contributed by atoms with Crippen LogP contribution in [0.1, 0.15) is 19.8 Å². The van der Waals surface area contributed by atoms with Gasteiger partial charge in [-0.1, -0.05) is 19.4 Å². The predicted octanol–water partition coefficient (Wildman–Crippen LogP) is 1.59. The van der Waals surface area contributed by atoms with Gasteiger partial charge in [-0.2, -0.15) is 0 Å². The molecule has 0 amide bonds. The van der Waals surface area contributed by atoms with Gasteiger partial charge in [0.25, 0.3) is 0 Å². The first-order valence-electron chi connectivity index (χ1n) is 5.09. The molecule has 0 saturated carbocycles. The fraction of sp³-hybridized carbons (Fsp3) is 0.727. The van der Waals surface area contributed by atoms with Crippen molar-refractivity contribution in [1.82, 2.24) is 0 Å².